The van der Waals surface area contributed by atoms with Crippen LogP contribution >= 0.6 is 11.6 Å². The van der Waals surface area contributed by atoms with Crippen molar-refractivity contribution in [2.24, 2.45) is 0 Å². The van der Waals surface area contributed by atoms with Gasteiger partial charge < -0.3 is 10.1 Å². The van der Waals surface area contributed by atoms with Crippen LogP contribution in [0.3, 0.4) is 0 Å². The Balaban J connectivity index is 1.46. The minimum Gasteiger partial charge on any atom is -0.451 e. The number of ether oxygens (including phenoxy) is 1. The molecular weight excluding hydrogens is 378 g/mol. The van der Waals surface area contributed by atoms with Gasteiger partial charge in [0, 0.05) is 16.6 Å². The van der Waals surface area contributed by atoms with Crippen molar-refractivity contribution in [1.29, 1.82) is 0 Å². The molecule has 0 spiro atoms. The summed E-state index contributed by atoms with van der Waals surface area (Å²) in [5.41, 5.74) is 2.49. The lowest BCUT2D eigenvalue weighted by molar-refractivity contribution is -0.119. The van der Waals surface area contributed by atoms with Crippen LogP contribution in [-0.2, 0) is 9.53 Å². The van der Waals surface area contributed by atoms with Crippen LogP contribution in [0.1, 0.15) is 34.9 Å². The number of esters is 1. The Morgan fingerprint density at radius 2 is 1.89 bits per heavy atom. The number of rotatable bonds is 6. The SMILES string of the molecule is O=C(COC(=O)c1cc(C2CC2)nn1-c1ccccc1)Nc1cccc(Cl)c1. The van der Waals surface area contributed by atoms with E-state index < -0.39 is 18.5 Å². The monoisotopic (exact) mass is 395 g/mol. The number of hydrogen-bond acceptors (Lipinski definition) is 4. The average Bonchev–Trinajstić information content (AvgIpc) is 3.45. The molecule has 0 unspecified atom stereocenters. The lowest BCUT2D eigenvalue weighted by Gasteiger charge is -2.08. The van der Waals surface area contributed by atoms with Crippen LogP contribution in [0.15, 0.2) is 60.7 Å². The Labute approximate surface area is 167 Å². The molecule has 0 radical (unpaired) electrons. The largest absolute Gasteiger partial charge is 0.451 e. The highest BCUT2D eigenvalue weighted by Crippen LogP contribution is 2.39. The number of amides is 1. The van der Waals surface area contributed by atoms with Gasteiger partial charge in [-0.3, -0.25) is 4.79 Å². The summed E-state index contributed by atoms with van der Waals surface area (Å²) in [4.78, 5) is 24.7. The number of nitrogens with zero attached hydrogens (tertiary/aromatic N) is 2. The minimum atomic E-state index is -0.593. The van der Waals surface area contributed by atoms with Crippen molar-refractivity contribution in [3.63, 3.8) is 0 Å². The summed E-state index contributed by atoms with van der Waals surface area (Å²) in [6, 6.07) is 17.9. The molecule has 4 rings (SSSR count). The second-order valence-corrected chi connectivity index (χ2v) is 7.05. The number of carbonyl (C=O) groups is 2. The third kappa shape index (κ3) is 4.23. The smallest absolute Gasteiger partial charge is 0.357 e. The first-order valence-electron chi connectivity index (χ1n) is 8.98. The van der Waals surface area contributed by atoms with E-state index in [0.29, 0.717) is 22.3 Å². The zero-order chi connectivity index (χ0) is 19.5. The Hall–Kier alpha value is -3.12. The summed E-state index contributed by atoms with van der Waals surface area (Å²) in [5, 5.41) is 7.72. The first-order valence-corrected chi connectivity index (χ1v) is 9.36. The molecule has 1 aromatic heterocycles. The molecule has 1 fully saturated rings. The molecule has 1 N–H and O–H groups in total. The summed E-state index contributed by atoms with van der Waals surface area (Å²) < 4.78 is 6.80. The van der Waals surface area contributed by atoms with Gasteiger partial charge in [0.15, 0.2) is 12.3 Å². The van der Waals surface area contributed by atoms with Crippen LogP contribution in [0, 0.1) is 0 Å². The number of benzene rings is 2. The van der Waals surface area contributed by atoms with Crippen LogP contribution in [0.25, 0.3) is 5.69 Å². The summed E-state index contributed by atoms with van der Waals surface area (Å²) >= 11 is 5.90. The lowest BCUT2D eigenvalue weighted by atomic mass is 10.2. The van der Waals surface area contributed by atoms with Crippen molar-refractivity contribution in [3.8, 4) is 5.69 Å². The number of halogens is 1. The second kappa shape index (κ2) is 7.86. The fourth-order valence-corrected chi connectivity index (χ4v) is 3.05. The van der Waals surface area contributed by atoms with E-state index in [0.717, 1.165) is 24.2 Å². The van der Waals surface area contributed by atoms with E-state index >= 15 is 0 Å². The van der Waals surface area contributed by atoms with Crippen LogP contribution in [0.2, 0.25) is 5.02 Å². The molecule has 28 heavy (non-hydrogen) atoms. The van der Waals surface area contributed by atoms with Crippen LogP contribution in [0.5, 0.6) is 0 Å². The number of para-hydroxylation sites is 1. The van der Waals surface area contributed by atoms with E-state index in [1.165, 1.54) is 0 Å². The third-order valence-corrected chi connectivity index (χ3v) is 4.61. The molecule has 1 saturated carbocycles. The van der Waals surface area contributed by atoms with Gasteiger partial charge in [-0.2, -0.15) is 5.10 Å². The lowest BCUT2D eigenvalue weighted by Crippen LogP contribution is -2.22. The van der Waals surface area contributed by atoms with Gasteiger partial charge >= 0.3 is 5.97 Å². The van der Waals surface area contributed by atoms with Gasteiger partial charge in [0.2, 0.25) is 0 Å². The fraction of sp³-hybridized carbons (Fsp3) is 0.190. The van der Waals surface area contributed by atoms with Crippen LogP contribution in [0.4, 0.5) is 5.69 Å². The van der Waals surface area contributed by atoms with Crippen LogP contribution < -0.4 is 5.32 Å². The van der Waals surface area contributed by atoms with Gasteiger partial charge in [-0.1, -0.05) is 35.9 Å². The van der Waals surface area contributed by atoms with Crippen molar-refractivity contribution in [1.82, 2.24) is 9.78 Å². The molecule has 1 aliphatic rings. The molecule has 0 bridgehead atoms. The highest BCUT2D eigenvalue weighted by molar-refractivity contribution is 6.30. The molecule has 0 aliphatic heterocycles. The van der Waals surface area contributed by atoms with Crippen LogP contribution in [-0.4, -0.2) is 28.3 Å². The summed E-state index contributed by atoms with van der Waals surface area (Å²) in [6.07, 6.45) is 2.14. The molecule has 1 heterocycles. The van der Waals surface area contributed by atoms with Gasteiger partial charge in [0.25, 0.3) is 5.91 Å². The third-order valence-electron chi connectivity index (χ3n) is 4.38. The number of nitrogens with one attached hydrogen (secondary N) is 1. The summed E-state index contributed by atoms with van der Waals surface area (Å²) in [5.74, 6) is -0.643. The molecule has 7 heteroatoms. The number of hydrogen-bond donors (Lipinski definition) is 1. The van der Waals surface area contributed by atoms with Crippen molar-refractivity contribution in [3.05, 3.63) is 77.1 Å². The van der Waals surface area contributed by atoms with E-state index in [9.17, 15) is 9.59 Å². The second-order valence-electron chi connectivity index (χ2n) is 6.61. The zero-order valence-corrected chi connectivity index (χ0v) is 15.7. The molecule has 1 amide bonds. The molecule has 0 saturated heterocycles. The number of aromatic nitrogens is 2. The van der Waals surface area contributed by atoms with E-state index in [4.69, 9.17) is 16.3 Å². The normalized spacial score (nSPS) is 13.2. The maximum atomic E-state index is 12.6. The van der Waals surface area contributed by atoms with Gasteiger partial charge in [0.05, 0.1) is 11.4 Å². The first kappa shape index (κ1) is 18.3. The topological polar surface area (TPSA) is 73.2 Å². The van der Waals surface area contributed by atoms with Gasteiger partial charge in [-0.15, -0.1) is 0 Å². The van der Waals surface area contributed by atoms with E-state index in [2.05, 4.69) is 10.4 Å². The minimum absolute atomic E-state index is 0.309. The van der Waals surface area contributed by atoms with Crippen molar-refractivity contribution < 1.29 is 14.3 Å². The first-order chi connectivity index (χ1) is 13.6. The predicted octanol–water partition coefficient (Wildman–Crippen LogP) is 4.20. The molecule has 6 nitrogen and oxygen atoms in total. The molecule has 1 aliphatic carbocycles. The maximum Gasteiger partial charge on any atom is 0.357 e. The Kier molecular flexibility index (Phi) is 5.12. The average molecular weight is 396 g/mol. The number of anilines is 1. The van der Waals surface area contributed by atoms with E-state index in [1.54, 1.807) is 35.0 Å². The Morgan fingerprint density at radius 1 is 1.11 bits per heavy atom. The van der Waals surface area contributed by atoms with E-state index in [1.807, 2.05) is 30.3 Å². The molecule has 3 aromatic rings. The zero-order valence-electron chi connectivity index (χ0n) is 15.0. The quantitative estimate of drug-likeness (QED) is 0.635. The molecule has 2 aromatic carbocycles. The number of carbonyl (C=O) groups excluding carboxylic acids is 2. The van der Waals surface area contributed by atoms with Gasteiger partial charge in [0.1, 0.15) is 0 Å². The van der Waals surface area contributed by atoms with Gasteiger partial charge in [-0.25, -0.2) is 9.48 Å². The summed E-state index contributed by atoms with van der Waals surface area (Å²) in [6.45, 7) is -0.399. The summed E-state index contributed by atoms with van der Waals surface area (Å²) in [7, 11) is 0. The highest BCUT2D eigenvalue weighted by atomic mass is 35.5. The fourth-order valence-electron chi connectivity index (χ4n) is 2.86. The molecule has 0 atom stereocenters. The molecule has 142 valence electrons. The Bertz CT molecular complexity index is 1010. The molecular formula is C21H18ClN3O3. The van der Waals surface area contributed by atoms with Gasteiger partial charge in [-0.05, 0) is 49.2 Å². The van der Waals surface area contributed by atoms with Crippen molar-refractivity contribution in [2.75, 3.05) is 11.9 Å². The predicted molar refractivity (Wildman–Crippen MR) is 106 cm³/mol. The highest BCUT2D eigenvalue weighted by Gasteiger charge is 2.29. The van der Waals surface area contributed by atoms with Crippen molar-refractivity contribution >= 4 is 29.2 Å². The Morgan fingerprint density at radius 3 is 2.61 bits per heavy atom. The standard InChI is InChI=1S/C21H18ClN3O3/c22-15-5-4-6-16(11-15)23-20(26)13-28-21(27)19-12-18(14-9-10-14)24-25(19)17-7-2-1-3-8-17/h1-8,11-12,14H,9-10,13H2,(H,23,26). The maximum absolute atomic E-state index is 12.6. The van der Waals surface area contributed by atoms with E-state index in [-0.39, 0.29) is 0 Å². The van der Waals surface area contributed by atoms with Crippen molar-refractivity contribution in [2.45, 2.75) is 18.8 Å².